The predicted octanol–water partition coefficient (Wildman–Crippen LogP) is 3.98. The number of nitrogens with zero attached hydrogens (tertiary/aromatic N) is 3. The Morgan fingerprint density at radius 1 is 1.14 bits per heavy atom. The van der Waals surface area contributed by atoms with Crippen LogP contribution in [0.15, 0.2) is 60.8 Å². The lowest BCUT2D eigenvalue weighted by molar-refractivity contribution is -0.125. The Hall–Kier alpha value is -2.95. The number of carbonyl (C=O) groups is 1. The van der Waals surface area contributed by atoms with Crippen LogP contribution in [0.25, 0.3) is 11.0 Å². The van der Waals surface area contributed by atoms with Crippen molar-refractivity contribution in [2.24, 2.45) is 5.92 Å². The molecular weight excluding hydrogens is 360 g/mol. The molecule has 0 spiro atoms. The summed E-state index contributed by atoms with van der Waals surface area (Å²) in [4.78, 5) is 24.3. The summed E-state index contributed by atoms with van der Waals surface area (Å²) < 4.78 is 0. The minimum absolute atomic E-state index is 0.00352. The number of carbonyl (C=O) groups excluding carboxylic acids is 1. The first-order valence-corrected chi connectivity index (χ1v) is 10.5. The van der Waals surface area contributed by atoms with Gasteiger partial charge in [0, 0.05) is 19.1 Å². The first kappa shape index (κ1) is 19.4. The van der Waals surface area contributed by atoms with Crippen molar-refractivity contribution in [1.82, 2.24) is 15.3 Å². The van der Waals surface area contributed by atoms with E-state index >= 15 is 0 Å². The predicted molar refractivity (Wildman–Crippen MR) is 117 cm³/mol. The Kier molecular flexibility index (Phi) is 6.03. The van der Waals surface area contributed by atoms with E-state index in [0.717, 1.165) is 49.1 Å². The molecule has 4 rings (SSSR count). The number of aromatic nitrogens is 2. The summed E-state index contributed by atoms with van der Waals surface area (Å²) in [6.07, 6.45) is 5.67. The SMILES string of the molecule is C[C@H](CCc1ccccc1)NC(=O)[C@H]1CCCN(c2cnc3ccccc3n2)C1. The molecule has 0 aliphatic carbocycles. The third kappa shape index (κ3) is 4.91. The average molecular weight is 389 g/mol. The second kappa shape index (κ2) is 9.03. The summed E-state index contributed by atoms with van der Waals surface area (Å²) in [6, 6.07) is 18.5. The fourth-order valence-electron chi connectivity index (χ4n) is 3.96. The molecule has 5 nitrogen and oxygen atoms in total. The number of rotatable bonds is 6. The van der Waals surface area contributed by atoms with Crippen molar-refractivity contribution in [3.8, 4) is 0 Å². The normalized spacial score (nSPS) is 17.8. The molecule has 0 radical (unpaired) electrons. The van der Waals surface area contributed by atoms with Crippen LogP contribution in [0.2, 0.25) is 0 Å². The third-order valence-corrected chi connectivity index (χ3v) is 5.65. The molecule has 1 aliphatic heterocycles. The van der Waals surface area contributed by atoms with Gasteiger partial charge >= 0.3 is 0 Å². The fraction of sp³-hybridized carbons (Fsp3) is 0.375. The number of benzene rings is 2. The minimum atomic E-state index is -0.00352. The van der Waals surface area contributed by atoms with Crippen LogP contribution < -0.4 is 10.2 Å². The standard InChI is InChI=1S/C24H28N4O/c1-18(13-14-19-8-3-2-4-9-19)26-24(29)20-10-7-15-28(17-20)23-16-25-21-11-5-6-12-22(21)27-23/h2-6,8-9,11-12,16,18,20H,7,10,13-15,17H2,1H3,(H,26,29)/t18-,20+/m1/s1. The van der Waals surface area contributed by atoms with Crippen molar-refractivity contribution in [2.45, 2.75) is 38.6 Å². The monoisotopic (exact) mass is 388 g/mol. The number of fused-ring (bicyclic) bond motifs is 1. The fourth-order valence-corrected chi connectivity index (χ4v) is 3.96. The van der Waals surface area contributed by atoms with Crippen molar-refractivity contribution in [3.63, 3.8) is 0 Å². The molecule has 2 heterocycles. The van der Waals surface area contributed by atoms with Gasteiger partial charge in [-0.15, -0.1) is 0 Å². The number of para-hydroxylation sites is 2. The number of aryl methyl sites for hydroxylation is 1. The quantitative estimate of drug-likeness (QED) is 0.694. The van der Waals surface area contributed by atoms with Crippen molar-refractivity contribution >= 4 is 22.8 Å². The maximum absolute atomic E-state index is 12.8. The molecule has 1 aromatic heterocycles. The lowest BCUT2D eigenvalue weighted by Crippen LogP contribution is -2.45. The number of hydrogen-bond donors (Lipinski definition) is 1. The Morgan fingerprint density at radius 2 is 1.90 bits per heavy atom. The van der Waals surface area contributed by atoms with Gasteiger partial charge < -0.3 is 10.2 Å². The van der Waals surface area contributed by atoms with Crippen molar-refractivity contribution in [2.75, 3.05) is 18.0 Å². The molecule has 0 saturated carbocycles. The van der Waals surface area contributed by atoms with Gasteiger partial charge in [0.15, 0.2) is 0 Å². The van der Waals surface area contributed by atoms with E-state index in [-0.39, 0.29) is 17.9 Å². The van der Waals surface area contributed by atoms with Crippen LogP contribution in [0.5, 0.6) is 0 Å². The zero-order valence-corrected chi connectivity index (χ0v) is 16.9. The lowest BCUT2D eigenvalue weighted by Gasteiger charge is -2.33. The summed E-state index contributed by atoms with van der Waals surface area (Å²) in [5, 5.41) is 3.22. The zero-order valence-electron chi connectivity index (χ0n) is 16.9. The van der Waals surface area contributed by atoms with E-state index in [4.69, 9.17) is 4.98 Å². The van der Waals surface area contributed by atoms with E-state index in [1.165, 1.54) is 5.56 Å². The smallest absolute Gasteiger partial charge is 0.225 e. The van der Waals surface area contributed by atoms with Crippen LogP contribution in [-0.4, -0.2) is 35.0 Å². The molecule has 1 N–H and O–H groups in total. The molecule has 5 heteroatoms. The summed E-state index contributed by atoms with van der Waals surface area (Å²) >= 11 is 0. The highest BCUT2D eigenvalue weighted by Crippen LogP contribution is 2.23. The van der Waals surface area contributed by atoms with Gasteiger partial charge in [0.1, 0.15) is 5.82 Å². The first-order chi connectivity index (χ1) is 14.2. The number of amides is 1. The maximum atomic E-state index is 12.8. The van der Waals surface area contributed by atoms with Crippen molar-refractivity contribution in [3.05, 3.63) is 66.4 Å². The Morgan fingerprint density at radius 3 is 2.72 bits per heavy atom. The van der Waals surface area contributed by atoms with Crippen molar-refractivity contribution < 1.29 is 4.79 Å². The van der Waals surface area contributed by atoms with Gasteiger partial charge in [-0.2, -0.15) is 0 Å². The molecule has 2 atom stereocenters. The number of hydrogen-bond acceptors (Lipinski definition) is 4. The summed E-state index contributed by atoms with van der Waals surface area (Å²) in [6.45, 7) is 3.71. The molecule has 2 aromatic carbocycles. The lowest BCUT2D eigenvalue weighted by atomic mass is 9.96. The first-order valence-electron chi connectivity index (χ1n) is 10.5. The van der Waals surface area contributed by atoms with Gasteiger partial charge in [0.2, 0.25) is 5.91 Å². The Balaban J connectivity index is 1.34. The van der Waals surface area contributed by atoms with E-state index in [2.05, 4.69) is 46.4 Å². The van der Waals surface area contributed by atoms with Crippen LogP contribution in [0.4, 0.5) is 5.82 Å². The van der Waals surface area contributed by atoms with Gasteiger partial charge in [-0.05, 0) is 50.3 Å². The molecule has 1 saturated heterocycles. The summed E-state index contributed by atoms with van der Waals surface area (Å²) in [5.74, 6) is 1.01. The average Bonchev–Trinajstić information content (AvgIpc) is 2.78. The van der Waals surface area contributed by atoms with Crippen LogP contribution in [-0.2, 0) is 11.2 Å². The van der Waals surface area contributed by atoms with E-state index in [9.17, 15) is 4.79 Å². The van der Waals surface area contributed by atoms with Crippen LogP contribution in [0.3, 0.4) is 0 Å². The molecule has 1 amide bonds. The zero-order chi connectivity index (χ0) is 20.1. The van der Waals surface area contributed by atoms with E-state index < -0.39 is 0 Å². The number of anilines is 1. The van der Waals surface area contributed by atoms with Crippen molar-refractivity contribution in [1.29, 1.82) is 0 Å². The molecule has 150 valence electrons. The van der Waals surface area contributed by atoms with Crippen LogP contribution in [0.1, 0.15) is 31.7 Å². The second-order valence-corrected chi connectivity index (χ2v) is 7.94. The molecular formula is C24H28N4O. The maximum Gasteiger partial charge on any atom is 0.225 e. The molecule has 29 heavy (non-hydrogen) atoms. The molecule has 1 fully saturated rings. The van der Waals surface area contributed by atoms with E-state index in [1.54, 1.807) is 0 Å². The third-order valence-electron chi connectivity index (χ3n) is 5.65. The van der Waals surface area contributed by atoms with Gasteiger partial charge in [0.25, 0.3) is 0 Å². The largest absolute Gasteiger partial charge is 0.355 e. The van der Waals surface area contributed by atoms with Gasteiger partial charge in [0.05, 0.1) is 23.1 Å². The Labute approximate surface area is 172 Å². The van der Waals surface area contributed by atoms with Gasteiger partial charge in [-0.3, -0.25) is 9.78 Å². The summed E-state index contributed by atoms with van der Waals surface area (Å²) in [5.41, 5.74) is 3.10. The highest BCUT2D eigenvalue weighted by Gasteiger charge is 2.27. The van der Waals surface area contributed by atoms with Gasteiger partial charge in [-0.25, -0.2) is 4.98 Å². The topological polar surface area (TPSA) is 58.1 Å². The van der Waals surface area contributed by atoms with Gasteiger partial charge in [-0.1, -0.05) is 42.5 Å². The highest BCUT2D eigenvalue weighted by molar-refractivity contribution is 5.80. The summed E-state index contributed by atoms with van der Waals surface area (Å²) in [7, 11) is 0. The number of nitrogens with one attached hydrogen (secondary N) is 1. The van der Waals surface area contributed by atoms with E-state index in [1.807, 2.05) is 36.5 Å². The second-order valence-electron chi connectivity index (χ2n) is 7.94. The van der Waals surface area contributed by atoms with E-state index in [0.29, 0.717) is 6.54 Å². The van der Waals surface area contributed by atoms with Crippen LogP contribution >= 0.6 is 0 Å². The number of piperidine rings is 1. The Bertz CT molecular complexity index is 959. The highest BCUT2D eigenvalue weighted by atomic mass is 16.2. The minimum Gasteiger partial charge on any atom is -0.355 e. The molecule has 0 bridgehead atoms. The molecule has 1 aliphatic rings. The molecule has 3 aromatic rings. The van der Waals surface area contributed by atoms with Crippen LogP contribution in [0, 0.1) is 5.92 Å². The molecule has 0 unspecified atom stereocenters.